The minimum atomic E-state index is 0.0958. The first kappa shape index (κ1) is 23.3. The summed E-state index contributed by atoms with van der Waals surface area (Å²) in [5, 5.41) is 0. The van der Waals surface area contributed by atoms with Crippen molar-refractivity contribution in [3.63, 3.8) is 0 Å². The zero-order valence-electron chi connectivity index (χ0n) is 20.6. The van der Waals surface area contributed by atoms with E-state index in [1.165, 1.54) is 35.1 Å². The van der Waals surface area contributed by atoms with Crippen molar-refractivity contribution in [2.45, 2.75) is 84.1 Å². The van der Waals surface area contributed by atoms with Crippen LogP contribution >= 0.6 is 0 Å². The van der Waals surface area contributed by atoms with E-state index in [9.17, 15) is 0 Å². The molecule has 0 bridgehead atoms. The number of pyridine rings is 1. The molecular formula is C30H40N+. The van der Waals surface area contributed by atoms with Crippen LogP contribution < -0.4 is 4.57 Å². The Morgan fingerprint density at radius 1 is 0.613 bits per heavy atom. The van der Waals surface area contributed by atoms with Gasteiger partial charge in [0.2, 0.25) is 0 Å². The van der Waals surface area contributed by atoms with Crippen LogP contribution in [0.2, 0.25) is 0 Å². The topological polar surface area (TPSA) is 3.88 Å². The molecule has 0 atom stereocenters. The van der Waals surface area contributed by atoms with E-state index in [0.717, 1.165) is 6.42 Å². The van der Waals surface area contributed by atoms with Crippen LogP contribution in [0.1, 0.15) is 78.9 Å². The van der Waals surface area contributed by atoms with Gasteiger partial charge < -0.3 is 0 Å². The molecule has 2 aromatic carbocycles. The molecule has 1 heterocycles. The van der Waals surface area contributed by atoms with Gasteiger partial charge in [-0.3, -0.25) is 0 Å². The molecule has 0 fully saturated rings. The second-order valence-electron chi connectivity index (χ2n) is 11.2. The van der Waals surface area contributed by atoms with Crippen molar-refractivity contribution in [3.05, 3.63) is 90.3 Å². The maximum absolute atomic E-state index is 2.42. The SMILES string of the molecule is CC(C)(C)c1cccc(C(C)(C)CCCC(C)(C)[n+]2ccc(-c3ccccc3)cc2)c1. The maximum atomic E-state index is 2.42. The standard InChI is InChI=1S/C30H40N/c1-28(2,3)26-15-11-16-27(23-26)29(4,5)19-12-20-30(6,7)31-21-17-25(18-22-31)24-13-9-8-10-14-24/h8-11,13-18,21-23H,12,19-20H2,1-7H3/q+1. The molecule has 3 rings (SSSR count). The molecular weight excluding hydrogens is 374 g/mol. The van der Waals surface area contributed by atoms with Crippen LogP contribution in [-0.2, 0) is 16.4 Å². The summed E-state index contributed by atoms with van der Waals surface area (Å²) in [4.78, 5) is 0. The molecule has 3 aromatic rings. The van der Waals surface area contributed by atoms with Crippen molar-refractivity contribution < 1.29 is 4.57 Å². The van der Waals surface area contributed by atoms with Gasteiger partial charge in [0.25, 0.3) is 0 Å². The molecule has 0 aliphatic carbocycles. The summed E-state index contributed by atoms with van der Waals surface area (Å²) >= 11 is 0. The molecule has 0 saturated carbocycles. The zero-order valence-corrected chi connectivity index (χ0v) is 20.6. The van der Waals surface area contributed by atoms with Crippen molar-refractivity contribution >= 4 is 0 Å². The summed E-state index contributed by atoms with van der Waals surface area (Å²) < 4.78 is 2.37. The third-order valence-electron chi connectivity index (χ3n) is 6.74. The Morgan fingerprint density at radius 2 is 1.19 bits per heavy atom. The summed E-state index contributed by atoms with van der Waals surface area (Å²) in [5.41, 5.74) is 5.89. The number of rotatable bonds is 7. The van der Waals surface area contributed by atoms with Crippen LogP contribution in [0.15, 0.2) is 79.1 Å². The summed E-state index contributed by atoms with van der Waals surface area (Å²) in [7, 11) is 0. The molecule has 0 aliphatic rings. The molecule has 164 valence electrons. The summed E-state index contributed by atoms with van der Waals surface area (Å²) in [6.07, 6.45) is 8.02. The molecule has 1 nitrogen and oxygen atoms in total. The van der Waals surface area contributed by atoms with E-state index >= 15 is 0 Å². The first-order valence-corrected chi connectivity index (χ1v) is 11.7. The van der Waals surface area contributed by atoms with E-state index in [-0.39, 0.29) is 16.4 Å². The first-order valence-electron chi connectivity index (χ1n) is 11.7. The van der Waals surface area contributed by atoms with Crippen molar-refractivity contribution in [1.29, 1.82) is 0 Å². The van der Waals surface area contributed by atoms with Crippen LogP contribution in [0.5, 0.6) is 0 Å². The monoisotopic (exact) mass is 414 g/mol. The van der Waals surface area contributed by atoms with E-state index in [0.29, 0.717) is 0 Å². The molecule has 0 spiro atoms. The van der Waals surface area contributed by atoms with Crippen molar-refractivity contribution in [2.75, 3.05) is 0 Å². The molecule has 31 heavy (non-hydrogen) atoms. The third kappa shape index (κ3) is 5.85. The second kappa shape index (κ2) is 8.99. The lowest BCUT2D eigenvalue weighted by molar-refractivity contribution is -0.758. The van der Waals surface area contributed by atoms with E-state index in [4.69, 9.17) is 0 Å². The fourth-order valence-electron chi connectivity index (χ4n) is 4.30. The molecule has 0 saturated heterocycles. The highest BCUT2D eigenvalue weighted by atomic mass is 15.0. The Labute approximate surface area is 190 Å². The number of nitrogens with zero attached hydrogens (tertiary/aromatic N) is 1. The molecule has 0 radical (unpaired) electrons. The van der Waals surface area contributed by atoms with Gasteiger partial charge in [-0.1, -0.05) is 89.2 Å². The predicted octanol–water partition coefficient (Wildman–Crippen LogP) is 7.82. The largest absolute Gasteiger partial charge is 0.200 e. The van der Waals surface area contributed by atoms with Crippen LogP contribution in [0.4, 0.5) is 0 Å². The Balaban J connectivity index is 1.65. The Bertz CT molecular complexity index is 973. The van der Waals surface area contributed by atoms with Crippen molar-refractivity contribution in [3.8, 4) is 11.1 Å². The van der Waals surface area contributed by atoms with Gasteiger partial charge in [0.05, 0.1) is 0 Å². The summed E-state index contributed by atoms with van der Waals surface area (Å²) in [6.45, 7) is 16.4. The average molecular weight is 415 g/mol. The van der Waals surface area contributed by atoms with Crippen molar-refractivity contribution in [1.82, 2.24) is 0 Å². The Hall–Kier alpha value is -2.41. The van der Waals surface area contributed by atoms with Crippen LogP contribution in [-0.4, -0.2) is 0 Å². The quantitative estimate of drug-likeness (QED) is 0.347. The molecule has 0 N–H and O–H groups in total. The molecule has 0 aliphatic heterocycles. The molecule has 0 unspecified atom stereocenters. The highest BCUT2D eigenvalue weighted by Gasteiger charge is 2.30. The summed E-state index contributed by atoms with van der Waals surface area (Å²) in [5.74, 6) is 0. The number of benzene rings is 2. The van der Waals surface area contributed by atoms with Gasteiger partial charge in [-0.25, -0.2) is 4.57 Å². The fourth-order valence-corrected chi connectivity index (χ4v) is 4.30. The second-order valence-corrected chi connectivity index (χ2v) is 11.2. The smallest absolute Gasteiger partial charge is 0.169 e. The number of aromatic nitrogens is 1. The maximum Gasteiger partial charge on any atom is 0.169 e. The van der Waals surface area contributed by atoms with E-state index in [2.05, 4.69) is 132 Å². The van der Waals surface area contributed by atoms with E-state index < -0.39 is 0 Å². The number of hydrogen-bond donors (Lipinski definition) is 0. The van der Waals surface area contributed by atoms with E-state index in [1.54, 1.807) is 0 Å². The Morgan fingerprint density at radius 3 is 1.81 bits per heavy atom. The highest BCUT2D eigenvalue weighted by molar-refractivity contribution is 5.61. The third-order valence-corrected chi connectivity index (χ3v) is 6.74. The lowest BCUT2D eigenvalue weighted by Gasteiger charge is -2.29. The minimum Gasteiger partial charge on any atom is -0.200 e. The molecule has 0 amide bonds. The van der Waals surface area contributed by atoms with E-state index in [1.807, 2.05) is 0 Å². The average Bonchev–Trinajstić information content (AvgIpc) is 2.74. The lowest BCUT2D eigenvalue weighted by atomic mass is 9.76. The van der Waals surface area contributed by atoms with Crippen LogP contribution in [0.25, 0.3) is 11.1 Å². The van der Waals surface area contributed by atoms with Gasteiger partial charge in [-0.2, -0.15) is 0 Å². The predicted molar refractivity (Wildman–Crippen MR) is 133 cm³/mol. The van der Waals surface area contributed by atoms with Gasteiger partial charge in [0, 0.05) is 32.4 Å². The zero-order chi connectivity index (χ0) is 22.7. The van der Waals surface area contributed by atoms with Crippen LogP contribution in [0, 0.1) is 0 Å². The fraction of sp³-hybridized carbons (Fsp3) is 0.433. The van der Waals surface area contributed by atoms with Crippen molar-refractivity contribution in [2.24, 2.45) is 0 Å². The van der Waals surface area contributed by atoms with Gasteiger partial charge in [-0.05, 0) is 45.9 Å². The van der Waals surface area contributed by atoms with Gasteiger partial charge in [-0.15, -0.1) is 0 Å². The highest BCUT2D eigenvalue weighted by Crippen LogP contribution is 2.33. The molecule has 1 aromatic heterocycles. The molecule has 1 heteroatoms. The summed E-state index contributed by atoms with van der Waals surface area (Å²) in [6, 6.07) is 24.3. The normalized spacial score (nSPS) is 12.7. The minimum absolute atomic E-state index is 0.0958. The van der Waals surface area contributed by atoms with Gasteiger partial charge >= 0.3 is 0 Å². The number of hydrogen-bond acceptors (Lipinski definition) is 0. The first-order chi connectivity index (χ1) is 14.5. The van der Waals surface area contributed by atoms with Gasteiger partial charge in [0.15, 0.2) is 17.9 Å². The van der Waals surface area contributed by atoms with Gasteiger partial charge in [0.1, 0.15) is 0 Å². The lowest BCUT2D eigenvalue weighted by Crippen LogP contribution is -2.51. The Kier molecular flexibility index (Phi) is 6.74. The van der Waals surface area contributed by atoms with Crippen LogP contribution in [0.3, 0.4) is 0 Å².